The smallest absolute Gasteiger partial charge is 0.228 e. The van der Waals surface area contributed by atoms with Crippen LogP contribution in [0.3, 0.4) is 0 Å². The van der Waals surface area contributed by atoms with Gasteiger partial charge < -0.3 is 20.0 Å². The minimum absolute atomic E-state index is 0.324. The van der Waals surface area contributed by atoms with Gasteiger partial charge in [0.05, 0.1) is 5.02 Å². The first-order valence-electron chi connectivity index (χ1n) is 13.6. The summed E-state index contributed by atoms with van der Waals surface area (Å²) in [6.07, 6.45) is 3.44. The number of benzene rings is 3. The molecule has 38 heavy (non-hydrogen) atoms. The third kappa shape index (κ3) is 3.91. The third-order valence-electron chi connectivity index (χ3n) is 8.65. The Morgan fingerprint density at radius 2 is 1.82 bits per heavy atom. The lowest BCUT2D eigenvalue weighted by atomic mass is 9.96. The van der Waals surface area contributed by atoms with Crippen molar-refractivity contribution in [1.29, 1.82) is 0 Å². The van der Waals surface area contributed by atoms with Crippen LogP contribution in [-0.4, -0.2) is 73.3 Å². The minimum Gasteiger partial charge on any atom is -0.350 e. The summed E-state index contributed by atoms with van der Waals surface area (Å²) >= 11 is 6.92. The van der Waals surface area contributed by atoms with Gasteiger partial charge in [-0.2, -0.15) is 4.98 Å². The largest absolute Gasteiger partial charge is 0.350 e. The standard InChI is InChI=1S/C30H32ClFN6/c1-36(2)21-16-37(17-21)30-34-28-24(29(35-30)38-15-19-9-6-10-20(38)14-33-19)13-25(31)26(27(28)32)23-12-5-8-18-7-3-4-11-22(18)23/h3-5,7-8,11-13,19-21,33H,6,9-10,14-17H2,1-2H3. The van der Waals surface area contributed by atoms with Crippen molar-refractivity contribution in [2.75, 3.05) is 50.1 Å². The molecule has 1 N–H and O–H groups in total. The van der Waals surface area contributed by atoms with E-state index < -0.39 is 0 Å². The van der Waals surface area contributed by atoms with Gasteiger partial charge in [-0.25, -0.2) is 9.37 Å². The second kappa shape index (κ2) is 9.33. The molecule has 8 heteroatoms. The van der Waals surface area contributed by atoms with Crippen LogP contribution in [0.1, 0.15) is 19.3 Å². The summed E-state index contributed by atoms with van der Waals surface area (Å²) in [5.74, 6) is 1.03. The lowest BCUT2D eigenvalue weighted by Crippen LogP contribution is -2.58. The van der Waals surface area contributed by atoms with E-state index in [9.17, 15) is 0 Å². The summed E-state index contributed by atoms with van der Waals surface area (Å²) in [6.45, 7) is 3.44. The Morgan fingerprint density at radius 1 is 1.00 bits per heavy atom. The van der Waals surface area contributed by atoms with Gasteiger partial charge in [0, 0.05) is 55.3 Å². The molecule has 4 aliphatic heterocycles. The van der Waals surface area contributed by atoms with Crippen molar-refractivity contribution in [3.63, 3.8) is 0 Å². The number of hydrogen-bond acceptors (Lipinski definition) is 6. The molecule has 0 saturated carbocycles. The van der Waals surface area contributed by atoms with Crippen molar-refractivity contribution >= 4 is 45.0 Å². The zero-order valence-electron chi connectivity index (χ0n) is 21.8. The van der Waals surface area contributed by atoms with E-state index in [0.29, 0.717) is 45.6 Å². The summed E-state index contributed by atoms with van der Waals surface area (Å²) < 4.78 is 16.7. The van der Waals surface area contributed by atoms with E-state index in [2.05, 4.69) is 34.1 Å². The van der Waals surface area contributed by atoms with E-state index in [-0.39, 0.29) is 5.82 Å². The molecule has 4 fully saturated rings. The number of hydrogen-bond donors (Lipinski definition) is 1. The Labute approximate surface area is 227 Å². The predicted molar refractivity (Wildman–Crippen MR) is 154 cm³/mol. The van der Waals surface area contributed by atoms with Gasteiger partial charge in [0.1, 0.15) is 11.3 Å². The molecule has 0 spiro atoms. The summed E-state index contributed by atoms with van der Waals surface area (Å²) in [6, 6.07) is 17.0. The number of likely N-dealkylation sites (N-methyl/N-ethyl adjacent to an activating group) is 1. The molecule has 2 atom stereocenters. The molecule has 5 heterocycles. The van der Waals surface area contributed by atoms with Crippen molar-refractivity contribution < 1.29 is 4.39 Å². The molecule has 4 aromatic rings. The SMILES string of the molecule is CN(C)C1CN(c2nc(N3CC4CCCC3CN4)c3cc(Cl)c(-c4cccc5ccccc45)c(F)c3n2)C1. The minimum atomic E-state index is -0.378. The maximum Gasteiger partial charge on any atom is 0.228 e. The number of rotatable bonds is 4. The number of aromatic nitrogens is 2. The number of halogens is 2. The van der Waals surface area contributed by atoms with E-state index in [4.69, 9.17) is 21.6 Å². The Kier molecular flexibility index (Phi) is 5.91. The maximum atomic E-state index is 16.7. The summed E-state index contributed by atoms with van der Waals surface area (Å²) in [5.41, 5.74) is 1.53. The van der Waals surface area contributed by atoms with Gasteiger partial charge in [0.25, 0.3) is 0 Å². The number of nitrogens with one attached hydrogen (secondary N) is 1. The fraction of sp³-hybridized carbons (Fsp3) is 0.400. The van der Waals surface area contributed by atoms with Gasteiger partial charge in [-0.05, 0) is 55.8 Å². The normalized spacial score (nSPS) is 21.9. The lowest BCUT2D eigenvalue weighted by Gasteiger charge is -2.43. The average molecular weight is 531 g/mol. The summed E-state index contributed by atoms with van der Waals surface area (Å²) in [5, 5.41) is 6.77. The predicted octanol–water partition coefficient (Wildman–Crippen LogP) is 5.32. The van der Waals surface area contributed by atoms with Crippen LogP contribution in [0.4, 0.5) is 16.2 Å². The van der Waals surface area contributed by atoms with Gasteiger partial charge in [-0.1, -0.05) is 54.1 Å². The van der Waals surface area contributed by atoms with Crippen LogP contribution < -0.4 is 15.1 Å². The number of fused-ring (bicyclic) bond motifs is 6. The highest BCUT2D eigenvalue weighted by Crippen LogP contribution is 2.42. The van der Waals surface area contributed by atoms with E-state index >= 15 is 4.39 Å². The van der Waals surface area contributed by atoms with Crippen LogP contribution in [-0.2, 0) is 0 Å². The lowest BCUT2D eigenvalue weighted by molar-refractivity contribution is 0.245. The molecule has 3 aromatic carbocycles. The Bertz CT molecular complexity index is 1530. The van der Waals surface area contributed by atoms with Crippen molar-refractivity contribution in [2.24, 2.45) is 0 Å². The van der Waals surface area contributed by atoms with Crippen LogP contribution in [0.2, 0.25) is 5.02 Å². The molecular formula is C30H32ClFN6. The quantitative estimate of drug-likeness (QED) is 0.385. The molecule has 0 amide bonds. The molecule has 6 nitrogen and oxygen atoms in total. The van der Waals surface area contributed by atoms with Crippen molar-refractivity contribution in [1.82, 2.24) is 20.2 Å². The first-order chi connectivity index (χ1) is 18.5. The highest BCUT2D eigenvalue weighted by atomic mass is 35.5. The monoisotopic (exact) mass is 530 g/mol. The number of nitrogens with zero attached hydrogens (tertiary/aromatic N) is 5. The van der Waals surface area contributed by atoms with E-state index in [1.165, 1.54) is 6.42 Å². The zero-order chi connectivity index (χ0) is 26.0. The average Bonchev–Trinajstić information content (AvgIpc) is 3.24. The van der Waals surface area contributed by atoms with Crippen LogP contribution in [0.5, 0.6) is 0 Å². The fourth-order valence-electron chi connectivity index (χ4n) is 6.34. The highest BCUT2D eigenvalue weighted by Gasteiger charge is 2.36. The third-order valence-corrected chi connectivity index (χ3v) is 8.95. The van der Waals surface area contributed by atoms with Crippen LogP contribution in [0, 0.1) is 5.82 Å². The van der Waals surface area contributed by atoms with Gasteiger partial charge in [0.2, 0.25) is 5.95 Å². The number of piperazine rings is 1. The van der Waals surface area contributed by atoms with Crippen LogP contribution in [0.15, 0.2) is 48.5 Å². The molecule has 4 aliphatic rings. The van der Waals surface area contributed by atoms with Crippen LogP contribution in [0.25, 0.3) is 32.8 Å². The second-order valence-corrected chi connectivity index (χ2v) is 11.6. The van der Waals surface area contributed by atoms with E-state index in [1.807, 2.05) is 48.5 Å². The molecule has 1 aromatic heterocycles. The van der Waals surface area contributed by atoms with Crippen molar-refractivity contribution in [3.05, 3.63) is 59.4 Å². The topological polar surface area (TPSA) is 47.5 Å². The molecule has 2 bridgehead atoms. The number of anilines is 2. The maximum absolute atomic E-state index is 16.7. The fourth-order valence-corrected chi connectivity index (χ4v) is 6.63. The van der Waals surface area contributed by atoms with Crippen molar-refractivity contribution in [2.45, 2.75) is 37.4 Å². The summed E-state index contributed by atoms with van der Waals surface area (Å²) in [7, 11) is 4.18. The molecule has 8 rings (SSSR count). The molecule has 196 valence electrons. The molecule has 4 saturated heterocycles. The van der Waals surface area contributed by atoms with E-state index in [0.717, 1.165) is 61.2 Å². The Morgan fingerprint density at radius 3 is 2.66 bits per heavy atom. The molecule has 0 radical (unpaired) electrons. The zero-order valence-corrected chi connectivity index (χ0v) is 22.5. The highest BCUT2D eigenvalue weighted by molar-refractivity contribution is 6.35. The Hall–Kier alpha value is -3.00. The molecule has 0 aliphatic carbocycles. The van der Waals surface area contributed by atoms with E-state index in [1.54, 1.807) is 0 Å². The van der Waals surface area contributed by atoms with Gasteiger partial charge in [-0.15, -0.1) is 0 Å². The van der Waals surface area contributed by atoms with Gasteiger partial charge >= 0.3 is 0 Å². The molecule has 2 unspecified atom stereocenters. The van der Waals surface area contributed by atoms with Crippen molar-refractivity contribution in [3.8, 4) is 11.1 Å². The second-order valence-electron chi connectivity index (χ2n) is 11.2. The van der Waals surface area contributed by atoms with Crippen LogP contribution >= 0.6 is 11.6 Å². The van der Waals surface area contributed by atoms with Gasteiger partial charge in [0.15, 0.2) is 5.82 Å². The molecular weight excluding hydrogens is 499 g/mol. The first-order valence-corrected chi connectivity index (χ1v) is 13.9. The summed E-state index contributed by atoms with van der Waals surface area (Å²) in [4.78, 5) is 16.7. The first kappa shape index (κ1) is 24.1. The van der Waals surface area contributed by atoms with Gasteiger partial charge in [-0.3, -0.25) is 0 Å². The Balaban J connectivity index is 1.43.